The lowest BCUT2D eigenvalue weighted by Gasteiger charge is -2.12. The van der Waals surface area contributed by atoms with E-state index in [0.29, 0.717) is 33.7 Å². The molecule has 0 aliphatic carbocycles. The molecule has 7 nitrogen and oxygen atoms in total. The maximum Gasteiger partial charge on any atom is 0.267 e. The first kappa shape index (κ1) is 19.4. The molecule has 1 saturated heterocycles. The second-order valence-electron chi connectivity index (χ2n) is 6.25. The van der Waals surface area contributed by atoms with Gasteiger partial charge in [-0.3, -0.25) is 24.3 Å². The predicted molar refractivity (Wildman–Crippen MR) is 113 cm³/mol. The SMILES string of the molecule is CCN1C(=O)/C(=C2/C(=O)N(C(C)=O)c3ccccc32)SC1=Nc1ccncc1Cl. The van der Waals surface area contributed by atoms with Crippen LogP contribution >= 0.6 is 23.4 Å². The first-order valence-corrected chi connectivity index (χ1v) is 10.00. The van der Waals surface area contributed by atoms with E-state index in [0.717, 1.165) is 16.7 Å². The van der Waals surface area contributed by atoms with Crippen LogP contribution in [0.5, 0.6) is 0 Å². The lowest BCUT2D eigenvalue weighted by Crippen LogP contribution is -2.32. The normalized spacial score (nSPS) is 20.0. The number of carbonyl (C=O) groups excluding carboxylic acids is 3. The second kappa shape index (κ2) is 7.46. The number of anilines is 1. The Morgan fingerprint density at radius 1 is 1.21 bits per heavy atom. The highest BCUT2D eigenvalue weighted by atomic mass is 35.5. The number of nitrogens with zero attached hydrogens (tertiary/aromatic N) is 4. The molecule has 3 heterocycles. The number of fused-ring (bicyclic) bond motifs is 1. The van der Waals surface area contributed by atoms with Crippen molar-refractivity contribution in [2.45, 2.75) is 13.8 Å². The molecule has 146 valence electrons. The highest BCUT2D eigenvalue weighted by Gasteiger charge is 2.43. The van der Waals surface area contributed by atoms with Crippen molar-refractivity contribution in [3.05, 3.63) is 58.2 Å². The van der Waals surface area contributed by atoms with Gasteiger partial charge in [0.05, 0.1) is 26.9 Å². The number of aromatic nitrogens is 1. The molecular formula is C20H15ClN4O3S. The number of pyridine rings is 1. The van der Waals surface area contributed by atoms with E-state index in [4.69, 9.17) is 11.6 Å². The Kier molecular flexibility index (Phi) is 4.97. The van der Waals surface area contributed by atoms with Crippen LogP contribution in [-0.4, -0.2) is 39.3 Å². The molecule has 1 aromatic heterocycles. The smallest absolute Gasteiger partial charge is 0.267 e. The van der Waals surface area contributed by atoms with Crippen LogP contribution in [0.1, 0.15) is 19.4 Å². The van der Waals surface area contributed by atoms with Crippen LogP contribution in [0, 0.1) is 0 Å². The van der Waals surface area contributed by atoms with Crippen molar-refractivity contribution in [2.24, 2.45) is 4.99 Å². The van der Waals surface area contributed by atoms with Gasteiger partial charge < -0.3 is 0 Å². The zero-order chi connectivity index (χ0) is 20.7. The van der Waals surface area contributed by atoms with Gasteiger partial charge in [-0.05, 0) is 30.8 Å². The van der Waals surface area contributed by atoms with E-state index in [1.807, 2.05) is 6.92 Å². The number of carbonyl (C=O) groups is 3. The summed E-state index contributed by atoms with van der Waals surface area (Å²) in [6.45, 7) is 3.51. The number of halogens is 1. The van der Waals surface area contributed by atoms with E-state index in [-0.39, 0.29) is 16.4 Å². The third kappa shape index (κ3) is 3.14. The van der Waals surface area contributed by atoms with Crippen molar-refractivity contribution >= 4 is 63.2 Å². The number of hydrogen-bond donors (Lipinski definition) is 0. The Balaban J connectivity index is 1.86. The van der Waals surface area contributed by atoms with Crippen molar-refractivity contribution in [2.75, 3.05) is 11.4 Å². The van der Waals surface area contributed by atoms with Gasteiger partial charge in [-0.2, -0.15) is 0 Å². The van der Waals surface area contributed by atoms with E-state index in [1.54, 1.807) is 36.5 Å². The largest absolute Gasteiger partial charge is 0.287 e. The van der Waals surface area contributed by atoms with Crippen LogP contribution in [0.15, 0.2) is 52.6 Å². The average Bonchev–Trinajstić information content (AvgIpc) is 3.16. The van der Waals surface area contributed by atoms with Gasteiger partial charge in [-0.1, -0.05) is 29.8 Å². The molecule has 1 aromatic carbocycles. The fourth-order valence-electron chi connectivity index (χ4n) is 3.23. The summed E-state index contributed by atoms with van der Waals surface area (Å²) in [6.07, 6.45) is 3.03. The number of likely N-dealkylation sites (N-methyl/N-ethyl adjacent to an activating group) is 1. The maximum atomic E-state index is 13.1. The van der Waals surface area contributed by atoms with Gasteiger partial charge in [0.1, 0.15) is 0 Å². The number of amidine groups is 1. The van der Waals surface area contributed by atoms with Crippen LogP contribution < -0.4 is 4.90 Å². The first-order chi connectivity index (χ1) is 13.9. The number of amides is 3. The third-order valence-corrected chi connectivity index (χ3v) is 5.89. The van der Waals surface area contributed by atoms with E-state index in [2.05, 4.69) is 9.98 Å². The summed E-state index contributed by atoms with van der Waals surface area (Å²) in [5, 5.41) is 0.773. The van der Waals surface area contributed by atoms with Crippen molar-refractivity contribution < 1.29 is 14.4 Å². The predicted octanol–water partition coefficient (Wildman–Crippen LogP) is 3.62. The molecule has 0 bridgehead atoms. The molecule has 0 saturated carbocycles. The summed E-state index contributed by atoms with van der Waals surface area (Å²) < 4.78 is 0. The van der Waals surface area contributed by atoms with Crippen LogP contribution in [0.25, 0.3) is 5.57 Å². The molecule has 9 heteroatoms. The molecule has 29 heavy (non-hydrogen) atoms. The Morgan fingerprint density at radius 2 is 1.97 bits per heavy atom. The summed E-state index contributed by atoms with van der Waals surface area (Å²) in [4.78, 5) is 49.5. The fraction of sp³-hybridized carbons (Fsp3) is 0.150. The van der Waals surface area contributed by atoms with Crippen LogP contribution in [0.2, 0.25) is 5.02 Å². The Bertz CT molecular complexity index is 1130. The van der Waals surface area contributed by atoms with Gasteiger partial charge in [0.25, 0.3) is 11.8 Å². The molecule has 2 aromatic rings. The number of hydrogen-bond acceptors (Lipinski definition) is 6. The number of para-hydroxylation sites is 1. The zero-order valence-electron chi connectivity index (χ0n) is 15.5. The highest BCUT2D eigenvalue weighted by molar-refractivity contribution is 8.18. The van der Waals surface area contributed by atoms with Crippen LogP contribution in [0.3, 0.4) is 0 Å². The van der Waals surface area contributed by atoms with Gasteiger partial charge in [0.15, 0.2) is 5.17 Å². The van der Waals surface area contributed by atoms with Crippen LogP contribution in [-0.2, 0) is 14.4 Å². The fourth-order valence-corrected chi connectivity index (χ4v) is 4.54. The van der Waals surface area contributed by atoms with Gasteiger partial charge in [0, 0.05) is 31.4 Å². The number of imide groups is 1. The van der Waals surface area contributed by atoms with Gasteiger partial charge in [0.2, 0.25) is 5.91 Å². The molecule has 2 aliphatic rings. The molecule has 3 amide bonds. The van der Waals surface area contributed by atoms with Gasteiger partial charge in [-0.15, -0.1) is 0 Å². The third-order valence-electron chi connectivity index (χ3n) is 4.52. The monoisotopic (exact) mass is 426 g/mol. The minimum absolute atomic E-state index is 0.218. The number of thioether (sulfide) groups is 1. The lowest BCUT2D eigenvalue weighted by atomic mass is 10.1. The van der Waals surface area contributed by atoms with E-state index < -0.39 is 11.8 Å². The van der Waals surface area contributed by atoms with Gasteiger partial charge >= 0.3 is 0 Å². The minimum atomic E-state index is -0.506. The molecule has 1 fully saturated rings. The molecule has 0 atom stereocenters. The number of rotatable bonds is 2. The molecule has 0 spiro atoms. The molecule has 2 aliphatic heterocycles. The zero-order valence-corrected chi connectivity index (χ0v) is 17.1. The molecule has 0 N–H and O–H groups in total. The van der Waals surface area contributed by atoms with Crippen molar-refractivity contribution in [1.82, 2.24) is 9.88 Å². The average molecular weight is 427 g/mol. The maximum absolute atomic E-state index is 13.1. The number of benzene rings is 1. The second-order valence-corrected chi connectivity index (χ2v) is 7.64. The molecule has 0 unspecified atom stereocenters. The lowest BCUT2D eigenvalue weighted by molar-refractivity contribution is -0.124. The van der Waals surface area contributed by atoms with Crippen molar-refractivity contribution in [1.29, 1.82) is 0 Å². The standard InChI is InChI=1S/C20H15ClN4O3S/c1-3-24-19(28)17(29-20(24)23-14-8-9-22-10-13(14)21)16-12-6-4-5-7-15(12)25(11(2)26)18(16)27/h4-10H,3H2,1-2H3/b17-16-,23-20?. The van der Waals surface area contributed by atoms with E-state index in [1.165, 1.54) is 18.0 Å². The van der Waals surface area contributed by atoms with Crippen LogP contribution in [0.4, 0.5) is 11.4 Å². The van der Waals surface area contributed by atoms with E-state index in [9.17, 15) is 14.4 Å². The minimum Gasteiger partial charge on any atom is -0.287 e. The Morgan fingerprint density at radius 3 is 2.66 bits per heavy atom. The molecule has 0 radical (unpaired) electrons. The Labute approximate surface area is 176 Å². The summed E-state index contributed by atoms with van der Waals surface area (Å²) in [7, 11) is 0. The summed E-state index contributed by atoms with van der Waals surface area (Å²) in [6, 6.07) is 8.58. The summed E-state index contributed by atoms with van der Waals surface area (Å²) in [5.74, 6) is -1.24. The molecule has 4 rings (SSSR count). The number of aliphatic imine (C=N–C) groups is 1. The highest BCUT2D eigenvalue weighted by Crippen LogP contribution is 2.45. The van der Waals surface area contributed by atoms with E-state index >= 15 is 0 Å². The summed E-state index contributed by atoms with van der Waals surface area (Å²) in [5.41, 5.74) is 1.73. The van der Waals surface area contributed by atoms with Crippen molar-refractivity contribution in [3.63, 3.8) is 0 Å². The topological polar surface area (TPSA) is 82.9 Å². The van der Waals surface area contributed by atoms with Gasteiger partial charge in [-0.25, -0.2) is 9.89 Å². The van der Waals surface area contributed by atoms with Crippen molar-refractivity contribution in [3.8, 4) is 0 Å². The summed E-state index contributed by atoms with van der Waals surface area (Å²) >= 11 is 7.25. The molecular weight excluding hydrogens is 412 g/mol. The first-order valence-electron chi connectivity index (χ1n) is 8.80. The quantitative estimate of drug-likeness (QED) is 0.685. The Hall–Kier alpha value is -2.97.